The zero-order valence-corrected chi connectivity index (χ0v) is 9.79. The zero-order chi connectivity index (χ0) is 11.7. The number of hydrogen-bond donors (Lipinski definition) is 2. The zero-order valence-electron chi connectivity index (χ0n) is 9.79. The summed E-state index contributed by atoms with van der Waals surface area (Å²) < 4.78 is 5.33. The van der Waals surface area contributed by atoms with Crippen LogP contribution in [0, 0.1) is 0 Å². The normalized spacial score (nSPS) is 21.2. The van der Waals surface area contributed by atoms with Crippen LogP contribution in [0.4, 0.5) is 0 Å². The van der Waals surface area contributed by atoms with Crippen molar-refractivity contribution in [2.75, 3.05) is 19.8 Å². The molecule has 2 aliphatic heterocycles. The van der Waals surface area contributed by atoms with Gasteiger partial charge >= 0.3 is 0 Å². The average molecular weight is 235 g/mol. The molecule has 92 valence electrons. The fourth-order valence-corrected chi connectivity index (χ4v) is 2.54. The first kappa shape index (κ1) is 10.9. The van der Waals surface area contributed by atoms with Crippen molar-refractivity contribution in [3.63, 3.8) is 0 Å². The van der Waals surface area contributed by atoms with Crippen LogP contribution in [0.5, 0.6) is 0 Å². The molecule has 1 fully saturated rings. The molecule has 0 radical (unpaired) electrons. The Morgan fingerprint density at radius 3 is 2.94 bits per heavy atom. The van der Waals surface area contributed by atoms with Crippen LogP contribution >= 0.6 is 0 Å². The molecule has 1 aromatic heterocycles. The van der Waals surface area contributed by atoms with Gasteiger partial charge in [-0.1, -0.05) is 0 Å². The van der Waals surface area contributed by atoms with Gasteiger partial charge in [0.15, 0.2) is 0 Å². The lowest BCUT2D eigenvalue weighted by Gasteiger charge is -2.23. The molecule has 0 spiro atoms. The van der Waals surface area contributed by atoms with E-state index in [2.05, 4.69) is 15.3 Å². The summed E-state index contributed by atoms with van der Waals surface area (Å²) >= 11 is 0. The van der Waals surface area contributed by atoms with Crippen molar-refractivity contribution in [3.05, 3.63) is 27.4 Å². The SMILES string of the molecule is O=c1[nH]c(C2CCOCC2)nc2c1CNCC2. The Balaban J connectivity index is 1.95. The molecule has 17 heavy (non-hydrogen) atoms. The van der Waals surface area contributed by atoms with E-state index in [0.717, 1.165) is 56.1 Å². The van der Waals surface area contributed by atoms with E-state index in [-0.39, 0.29) is 5.56 Å². The number of nitrogens with one attached hydrogen (secondary N) is 2. The van der Waals surface area contributed by atoms with Crippen molar-refractivity contribution >= 4 is 0 Å². The van der Waals surface area contributed by atoms with Gasteiger partial charge in [-0.05, 0) is 12.8 Å². The van der Waals surface area contributed by atoms with Gasteiger partial charge in [-0.15, -0.1) is 0 Å². The molecule has 5 heteroatoms. The highest BCUT2D eigenvalue weighted by Gasteiger charge is 2.21. The maximum atomic E-state index is 12.0. The van der Waals surface area contributed by atoms with Crippen LogP contribution in [0.1, 0.15) is 35.8 Å². The monoisotopic (exact) mass is 235 g/mol. The molecule has 2 N–H and O–H groups in total. The molecule has 0 amide bonds. The summed E-state index contributed by atoms with van der Waals surface area (Å²) in [5, 5.41) is 3.20. The maximum absolute atomic E-state index is 12.0. The van der Waals surface area contributed by atoms with Gasteiger partial charge in [0.1, 0.15) is 5.82 Å². The van der Waals surface area contributed by atoms with Gasteiger partial charge in [0.25, 0.3) is 5.56 Å². The highest BCUT2D eigenvalue weighted by molar-refractivity contribution is 5.21. The molecule has 0 atom stereocenters. The van der Waals surface area contributed by atoms with Crippen LogP contribution in [0.15, 0.2) is 4.79 Å². The number of aromatic nitrogens is 2. The highest BCUT2D eigenvalue weighted by atomic mass is 16.5. The predicted molar refractivity (Wildman–Crippen MR) is 63.1 cm³/mol. The van der Waals surface area contributed by atoms with E-state index in [1.54, 1.807) is 0 Å². The van der Waals surface area contributed by atoms with E-state index in [1.807, 2.05) is 0 Å². The van der Waals surface area contributed by atoms with Crippen LogP contribution in [0.25, 0.3) is 0 Å². The number of rotatable bonds is 1. The van der Waals surface area contributed by atoms with Crippen molar-refractivity contribution in [3.8, 4) is 0 Å². The first-order valence-corrected chi connectivity index (χ1v) is 6.25. The third-order valence-corrected chi connectivity index (χ3v) is 3.57. The average Bonchev–Trinajstić information content (AvgIpc) is 2.40. The Labute approximate surface area is 99.6 Å². The number of ether oxygens (including phenoxy) is 1. The van der Waals surface area contributed by atoms with E-state index >= 15 is 0 Å². The molecule has 1 aromatic rings. The van der Waals surface area contributed by atoms with Gasteiger partial charge in [-0.2, -0.15) is 0 Å². The molecule has 0 unspecified atom stereocenters. The number of aromatic amines is 1. The van der Waals surface area contributed by atoms with Gasteiger partial charge in [-0.3, -0.25) is 4.79 Å². The van der Waals surface area contributed by atoms with Gasteiger partial charge in [-0.25, -0.2) is 4.98 Å². The number of nitrogens with zero attached hydrogens (tertiary/aromatic N) is 1. The minimum absolute atomic E-state index is 0.0312. The predicted octanol–water partition coefficient (Wildman–Crippen LogP) is 0.310. The fraction of sp³-hybridized carbons (Fsp3) is 0.667. The van der Waals surface area contributed by atoms with Crippen molar-refractivity contribution < 1.29 is 4.74 Å². The van der Waals surface area contributed by atoms with E-state index in [4.69, 9.17) is 4.74 Å². The molecule has 0 bridgehead atoms. The highest BCUT2D eigenvalue weighted by Crippen LogP contribution is 2.24. The van der Waals surface area contributed by atoms with Crippen LogP contribution in [-0.4, -0.2) is 29.7 Å². The Morgan fingerprint density at radius 2 is 2.12 bits per heavy atom. The summed E-state index contributed by atoms with van der Waals surface area (Å²) in [6.07, 6.45) is 2.77. The molecule has 0 aliphatic carbocycles. The van der Waals surface area contributed by atoms with Crippen molar-refractivity contribution in [1.82, 2.24) is 15.3 Å². The molecule has 0 aromatic carbocycles. The van der Waals surface area contributed by atoms with Crippen LogP contribution in [0.2, 0.25) is 0 Å². The summed E-state index contributed by atoms with van der Waals surface area (Å²) in [7, 11) is 0. The summed E-state index contributed by atoms with van der Waals surface area (Å²) in [6, 6.07) is 0. The number of fused-ring (bicyclic) bond motifs is 1. The fourth-order valence-electron chi connectivity index (χ4n) is 2.54. The van der Waals surface area contributed by atoms with E-state index < -0.39 is 0 Å². The van der Waals surface area contributed by atoms with Crippen LogP contribution in [-0.2, 0) is 17.7 Å². The minimum Gasteiger partial charge on any atom is -0.381 e. The van der Waals surface area contributed by atoms with Gasteiger partial charge < -0.3 is 15.0 Å². The second kappa shape index (κ2) is 4.58. The molecule has 3 heterocycles. The molecule has 2 aliphatic rings. The Hall–Kier alpha value is -1.20. The van der Waals surface area contributed by atoms with Gasteiger partial charge in [0.2, 0.25) is 0 Å². The molecule has 0 saturated carbocycles. The minimum atomic E-state index is 0.0312. The summed E-state index contributed by atoms with van der Waals surface area (Å²) in [5.41, 5.74) is 1.82. The molecule has 5 nitrogen and oxygen atoms in total. The quantitative estimate of drug-likeness (QED) is 0.735. The van der Waals surface area contributed by atoms with Crippen molar-refractivity contribution in [2.24, 2.45) is 0 Å². The largest absolute Gasteiger partial charge is 0.381 e. The Kier molecular flexibility index (Phi) is 2.94. The smallest absolute Gasteiger partial charge is 0.255 e. The molecule has 1 saturated heterocycles. The third kappa shape index (κ3) is 2.12. The Morgan fingerprint density at radius 1 is 1.29 bits per heavy atom. The molecular formula is C12H17N3O2. The summed E-state index contributed by atoms with van der Waals surface area (Å²) in [5.74, 6) is 1.22. The summed E-state index contributed by atoms with van der Waals surface area (Å²) in [4.78, 5) is 19.6. The van der Waals surface area contributed by atoms with E-state index in [0.29, 0.717) is 12.5 Å². The molecular weight excluding hydrogens is 218 g/mol. The maximum Gasteiger partial charge on any atom is 0.255 e. The van der Waals surface area contributed by atoms with Crippen LogP contribution < -0.4 is 10.9 Å². The van der Waals surface area contributed by atoms with Gasteiger partial charge in [0.05, 0.1) is 11.3 Å². The lowest BCUT2D eigenvalue weighted by Crippen LogP contribution is -2.33. The van der Waals surface area contributed by atoms with Crippen LogP contribution in [0.3, 0.4) is 0 Å². The standard InChI is InChI=1S/C12H17N3O2/c16-12-9-7-13-4-1-10(9)14-11(15-12)8-2-5-17-6-3-8/h8,13H,1-7H2,(H,14,15,16). The summed E-state index contributed by atoms with van der Waals surface area (Å²) in [6.45, 7) is 3.10. The van der Waals surface area contributed by atoms with Crippen molar-refractivity contribution in [2.45, 2.75) is 31.7 Å². The lowest BCUT2D eigenvalue weighted by molar-refractivity contribution is 0.0834. The van der Waals surface area contributed by atoms with E-state index in [1.165, 1.54) is 0 Å². The van der Waals surface area contributed by atoms with E-state index in [9.17, 15) is 4.79 Å². The Bertz CT molecular complexity index is 463. The third-order valence-electron chi connectivity index (χ3n) is 3.57. The first-order chi connectivity index (χ1) is 8.34. The second-order valence-electron chi connectivity index (χ2n) is 4.69. The molecule has 3 rings (SSSR count). The number of hydrogen-bond acceptors (Lipinski definition) is 4. The van der Waals surface area contributed by atoms with Crippen molar-refractivity contribution in [1.29, 1.82) is 0 Å². The second-order valence-corrected chi connectivity index (χ2v) is 4.69. The lowest BCUT2D eigenvalue weighted by atomic mass is 9.98. The number of H-pyrrole nitrogens is 1. The first-order valence-electron chi connectivity index (χ1n) is 6.25. The topological polar surface area (TPSA) is 67.0 Å². The van der Waals surface area contributed by atoms with Gasteiger partial charge in [0, 0.05) is 38.6 Å².